The molecular weight excluding hydrogens is 264 g/mol. The molecule has 1 aromatic rings. The number of nitrogens with zero attached hydrogens (tertiary/aromatic N) is 1. The average molecular weight is 280 g/mol. The fraction of sp³-hybridized carbons (Fsp3) is 0.308. The van der Waals surface area contributed by atoms with Crippen molar-refractivity contribution >= 4 is 23.5 Å². The normalized spacial score (nSPS) is 9.75. The Morgan fingerprint density at radius 2 is 1.80 bits per heavy atom. The Labute approximate surface area is 116 Å². The number of carbonyl (C=O) groups is 3. The van der Waals surface area contributed by atoms with Crippen LogP contribution in [0.5, 0.6) is 0 Å². The maximum atomic E-state index is 12.0. The number of benzene rings is 1. The molecule has 0 atom stereocenters. The molecule has 0 saturated carbocycles. The molecule has 0 aliphatic rings. The summed E-state index contributed by atoms with van der Waals surface area (Å²) in [6.45, 7) is 0. The number of para-hydroxylation sites is 1. The number of nitrogens with one attached hydrogen (secondary N) is 1. The third kappa shape index (κ3) is 3.55. The molecule has 1 aromatic carbocycles. The van der Waals surface area contributed by atoms with Crippen molar-refractivity contribution in [3.63, 3.8) is 0 Å². The van der Waals surface area contributed by atoms with E-state index in [0.29, 0.717) is 5.69 Å². The number of ether oxygens (including phenoxy) is 2. The van der Waals surface area contributed by atoms with Gasteiger partial charge in [0, 0.05) is 7.05 Å². The van der Waals surface area contributed by atoms with Crippen LogP contribution in [0.2, 0.25) is 0 Å². The third-order valence-corrected chi connectivity index (χ3v) is 2.55. The van der Waals surface area contributed by atoms with Crippen LogP contribution in [-0.4, -0.2) is 39.1 Å². The number of carbonyl (C=O) groups excluding carboxylic acids is 3. The summed E-state index contributed by atoms with van der Waals surface area (Å²) in [6.07, 6.45) is -0.438. The summed E-state index contributed by atoms with van der Waals surface area (Å²) in [5, 5.41) is 1.10. The average Bonchev–Trinajstić information content (AvgIpc) is 2.47. The highest BCUT2D eigenvalue weighted by atomic mass is 16.5. The molecule has 0 aromatic heterocycles. The van der Waals surface area contributed by atoms with Crippen LogP contribution in [0.4, 0.5) is 5.69 Å². The lowest BCUT2D eigenvalue weighted by molar-refractivity contribution is -0.143. The molecule has 0 heterocycles. The van der Waals surface area contributed by atoms with Crippen molar-refractivity contribution in [2.24, 2.45) is 0 Å². The van der Waals surface area contributed by atoms with Crippen LogP contribution in [0, 0.1) is 0 Å². The second kappa shape index (κ2) is 7.25. The molecule has 0 fully saturated rings. The van der Waals surface area contributed by atoms with Gasteiger partial charge < -0.3 is 9.47 Å². The lowest BCUT2D eigenvalue weighted by atomic mass is 10.1. The summed E-state index contributed by atoms with van der Waals surface area (Å²) in [5.74, 6) is -1.78. The Hall–Kier alpha value is -2.41. The Kier molecular flexibility index (Phi) is 5.67. The number of hydrogen-bond donors (Lipinski definition) is 1. The molecule has 0 aliphatic carbocycles. The van der Waals surface area contributed by atoms with Crippen molar-refractivity contribution in [2.45, 2.75) is 6.42 Å². The summed E-state index contributed by atoms with van der Waals surface area (Å²) in [5.41, 5.74) is 3.15. The Balaban J connectivity index is 3.09. The number of esters is 2. The predicted molar refractivity (Wildman–Crippen MR) is 71.0 cm³/mol. The van der Waals surface area contributed by atoms with Crippen molar-refractivity contribution in [3.8, 4) is 0 Å². The second-order valence-electron chi connectivity index (χ2n) is 3.71. The minimum absolute atomic E-state index is 0.211. The Morgan fingerprint density at radius 3 is 2.35 bits per heavy atom. The molecule has 1 N–H and O–H groups in total. The number of hydrogen-bond acceptors (Lipinski definition) is 6. The molecule has 0 unspecified atom stereocenters. The first kappa shape index (κ1) is 15.6. The molecule has 7 heteroatoms. The highest BCUT2D eigenvalue weighted by molar-refractivity contribution is 6.06. The van der Waals surface area contributed by atoms with Gasteiger partial charge in [0.15, 0.2) is 0 Å². The van der Waals surface area contributed by atoms with E-state index in [-0.39, 0.29) is 5.56 Å². The number of hydrazine groups is 1. The summed E-state index contributed by atoms with van der Waals surface area (Å²) in [6, 6.07) is 6.40. The minimum atomic E-state index is -0.661. The van der Waals surface area contributed by atoms with Crippen molar-refractivity contribution < 1.29 is 23.9 Å². The molecule has 1 amide bonds. The Bertz CT molecular complexity index is 515. The van der Waals surface area contributed by atoms with Crippen LogP contribution in [0.15, 0.2) is 24.3 Å². The molecule has 20 heavy (non-hydrogen) atoms. The summed E-state index contributed by atoms with van der Waals surface area (Å²) >= 11 is 0. The monoisotopic (exact) mass is 280 g/mol. The van der Waals surface area contributed by atoms with Crippen molar-refractivity contribution in [1.29, 1.82) is 0 Å². The van der Waals surface area contributed by atoms with Crippen molar-refractivity contribution in [3.05, 3.63) is 29.8 Å². The summed E-state index contributed by atoms with van der Waals surface area (Å²) in [4.78, 5) is 34.9. The van der Waals surface area contributed by atoms with Crippen molar-refractivity contribution in [2.75, 3.05) is 26.3 Å². The smallest absolute Gasteiger partial charge is 0.340 e. The predicted octanol–water partition coefficient (Wildman–Crippen LogP) is 0.504. The Morgan fingerprint density at radius 1 is 1.15 bits per heavy atom. The van der Waals surface area contributed by atoms with Gasteiger partial charge in [-0.2, -0.15) is 0 Å². The van der Waals surface area contributed by atoms with E-state index >= 15 is 0 Å². The maximum Gasteiger partial charge on any atom is 0.340 e. The summed E-state index contributed by atoms with van der Waals surface area (Å²) < 4.78 is 9.10. The van der Waals surface area contributed by atoms with Crippen LogP contribution in [0.25, 0.3) is 0 Å². The zero-order valence-electron chi connectivity index (χ0n) is 11.5. The largest absolute Gasteiger partial charge is 0.469 e. The quantitative estimate of drug-likeness (QED) is 0.480. The zero-order chi connectivity index (χ0) is 15.1. The molecule has 0 saturated heterocycles. The molecule has 0 spiro atoms. The molecule has 0 radical (unpaired) electrons. The van der Waals surface area contributed by atoms with Gasteiger partial charge in [0.2, 0.25) is 0 Å². The number of amides is 1. The standard InChI is InChI=1S/C13H16N2O5/c1-14-15(11(16)8-12(17)19-2)10-7-5-4-6-9(10)13(18)20-3/h4-7,14H,8H2,1-3H3. The molecule has 7 nitrogen and oxygen atoms in total. The van der Waals surface area contributed by atoms with E-state index in [2.05, 4.69) is 14.9 Å². The van der Waals surface area contributed by atoms with E-state index < -0.39 is 24.3 Å². The molecule has 0 bridgehead atoms. The van der Waals surface area contributed by atoms with Crippen LogP contribution in [0.3, 0.4) is 0 Å². The van der Waals surface area contributed by atoms with Gasteiger partial charge in [-0.05, 0) is 12.1 Å². The van der Waals surface area contributed by atoms with Crippen LogP contribution < -0.4 is 10.4 Å². The van der Waals surface area contributed by atoms with Gasteiger partial charge in [0.1, 0.15) is 6.42 Å². The van der Waals surface area contributed by atoms with Gasteiger partial charge in [0.05, 0.1) is 25.5 Å². The van der Waals surface area contributed by atoms with Crippen molar-refractivity contribution in [1.82, 2.24) is 5.43 Å². The van der Waals surface area contributed by atoms with Gasteiger partial charge in [-0.1, -0.05) is 12.1 Å². The van der Waals surface area contributed by atoms with Crippen LogP contribution in [0.1, 0.15) is 16.8 Å². The van der Waals surface area contributed by atoms with Gasteiger partial charge in [-0.3, -0.25) is 9.59 Å². The lowest BCUT2D eigenvalue weighted by Gasteiger charge is -2.22. The van der Waals surface area contributed by atoms with E-state index in [1.807, 2.05) is 0 Å². The molecule has 1 rings (SSSR count). The van der Waals surface area contributed by atoms with Gasteiger partial charge in [-0.25, -0.2) is 15.2 Å². The van der Waals surface area contributed by atoms with Crippen LogP contribution in [-0.2, 0) is 19.1 Å². The zero-order valence-corrected chi connectivity index (χ0v) is 11.5. The van der Waals surface area contributed by atoms with E-state index in [0.717, 1.165) is 5.01 Å². The van der Waals surface area contributed by atoms with Gasteiger partial charge in [-0.15, -0.1) is 0 Å². The second-order valence-corrected chi connectivity index (χ2v) is 3.71. The molecular formula is C13H16N2O5. The van der Waals surface area contributed by atoms with E-state index in [1.165, 1.54) is 27.3 Å². The van der Waals surface area contributed by atoms with Gasteiger partial charge >= 0.3 is 11.9 Å². The topological polar surface area (TPSA) is 84.9 Å². The lowest BCUT2D eigenvalue weighted by Crippen LogP contribution is -2.42. The highest BCUT2D eigenvalue weighted by Gasteiger charge is 2.23. The number of rotatable bonds is 5. The molecule has 0 aliphatic heterocycles. The number of anilines is 1. The SMILES string of the molecule is CNN(C(=O)CC(=O)OC)c1ccccc1C(=O)OC. The summed E-state index contributed by atoms with van der Waals surface area (Å²) in [7, 11) is 3.95. The number of methoxy groups -OCH3 is 2. The highest BCUT2D eigenvalue weighted by Crippen LogP contribution is 2.20. The molecule has 108 valence electrons. The maximum absolute atomic E-state index is 12.0. The van der Waals surface area contributed by atoms with E-state index in [9.17, 15) is 14.4 Å². The van der Waals surface area contributed by atoms with Gasteiger partial charge in [0.25, 0.3) is 5.91 Å². The van der Waals surface area contributed by atoms with E-state index in [4.69, 9.17) is 0 Å². The minimum Gasteiger partial charge on any atom is -0.469 e. The first-order valence-corrected chi connectivity index (χ1v) is 5.79. The first-order chi connectivity index (χ1) is 9.54. The van der Waals surface area contributed by atoms with E-state index in [1.54, 1.807) is 18.2 Å². The van der Waals surface area contributed by atoms with Crippen LogP contribution >= 0.6 is 0 Å². The first-order valence-electron chi connectivity index (χ1n) is 5.79. The third-order valence-electron chi connectivity index (χ3n) is 2.55. The fourth-order valence-electron chi connectivity index (χ4n) is 1.61. The fourth-order valence-corrected chi connectivity index (χ4v) is 1.61.